The Bertz CT molecular complexity index is 1040. The van der Waals surface area contributed by atoms with Crippen molar-refractivity contribution in [3.8, 4) is 0 Å². The third-order valence-corrected chi connectivity index (χ3v) is 4.89. The number of anilines is 2. The first-order valence-corrected chi connectivity index (χ1v) is 8.82. The average Bonchev–Trinajstić information content (AvgIpc) is 3.11. The maximum absolute atomic E-state index is 13.3. The maximum Gasteiger partial charge on any atom is 0.295 e. The van der Waals surface area contributed by atoms with Crippen LogP contribution < -0.4 is 10.2 Å². The van der Waals surface area contributed by atoms with E-state index >= 15 is 0 Å². The molecule has 0 atom stereocenters. The summed E-state index contributed by atoms with van der Waals surface area (Å²) in [6, 6.07) is 8.98. The topological polar surface area (TPSA) is 106 Å². The quantitative estimate of drug-likeness (QED) is 0.548. The number of halogens is 1. The van der Waals surface area contributed by atoms with E-state index in [0.29, 0.717) is 43.2 Å². The van der Waals surface area contributed by atoms with E-state index in [1.807, 2.05) is 17.0 Å². The van der Waals surface area contributed by atoms with Gasteiger partial charge in [0.2, 0.25) is 11.9 Å². The van der Waals surface area contributed by atoms with Crippen LogP contribution in [0.5, 0.6) is 0 Å². The molecule has 1 amide bonds. The van der Waals surface area contributed by atoms with Gasteiger partial charge < -0.3 is 4.90 Å². The number of nitrogens with one attached hydrogen (secondary N) is 1. The highest BCUT2D eigenvalue weighted by Crippen LogP contribution is 2.32. The molecule has 3 heterocycles. The van der Waals surface area contributed by atoms with Crippen LogP contribution in [0.4, 0.5) is 21.7 Å². The van der Waals surface area contributed by atoms with E-state index in [1.54, 1.807) is 16.7 Å². The molecule has 1 fully saturated rings. The second kappa shape index (κ2) is 7.22. The van der Waals surface area contributed by atoms with Crippen LogP contribution in [0.2, 0.25) is 0 Å². The van der Waals surface area contributed by atoms with Gasteiger partial charge in [-0.1, -0.05) is 6.07 Å². The SMILES string of the molecule is O=C(Nc1nnc2ccccn12)C1CCN(c2ccc(F)cc2[N+](=O)[O-])CC1. The zero-order valence-electron chi connectivity index (χ0n) is 14.8. The number of carbonyl (C=O) groups excluding carboxylic acids is 1. The Hall–Kier alpha value is -3.56. The number of amides is 1. The van der Waals surface area contributed by atoms with E-state index in [4.69, 9.17) is 0 Å². The molecule has 0 saturated carbocycles. The molecule has 0 radical (unpaired) electrons. The van der Waals surface area contributed by atoms with Crippen LogP contribution in [0.3, 0.4) is 0 Å². The van der Waals surface area contributed by atoms with E-state index in [1.165, 1.54) is 12.1 Å². The van der Waals surface area contributed by atoms with E-state index in [9.17, 15) is 19.3 Å². The molecular weight excluding hydrogens is 367 g/mol. The lowest BCUT2D eigenvalue weighted by molar-refractivity contribution is -0.384. The van der Waals surface area contributed by atoms with Crippen molar-refractivity contribution in [1.29, 1.82) is 0 Å². The Morgan fingerprint density at radius 3 is 2.75 bits per heavy atom. The predicted octanol–water partition coefficient (Wildman–Crippen LogP) is 2.63. The van der Waals surface area contributed by atoms with Crippen molar-refractivity contribution < 1.29 is 14.1 Å². The van der Waals surface area contributed by atoms with Crippen molar-refractivity contribution in [2.75, 3.05) is 23.3 Å². The van der Waals surface area contributed by atoms with Crippen molar-refractivity contribution in [3.05, 3.63) is 58.5 Å². The highest BCUT2D eigenvalue weighted by molar-refractivity contribution is 5.91. The summed E-state index contributed by atoms with van der Waals surface area (Å²) < 4.78 is 15.0. The van der Waals surface area contributed by atoms with Gasteiger partial charge in [0.15, 0.2) is 5.65 Å². The fourth-order valence-corrected chi connectivity index (χ4v) is 3.43. The van der Waals surface area contributed by atoms with Gasteiger partial charge in [-0.2, -0.15) is 0 Å². The van der Waals surface area contributed by atoms with Crippen LogP contribution in [0.1, 0.15) is 12.8 Å². The van der Waals surface area contributed by atoms with Gasteiger partial charge in [-0.3, -0.25) is 24.6 Å². The molecule has 4 rings (SSSR count). The summed E-state index contributed by atoms with van der Waals surface area (Å²) in [7, 11) is 0. The second-order valence-electron chi connectivity index (χ2n) is 6.59. The minimum absolute atomic E-state index is 0.161. The van der Waals surface area contributed by atoms with Crippen molar-refractivity contribution >= 4 is 28.9 Å². The molecule has 1 N–H and O–H groups in total. The van der Waals surface area contributed by atoms with E-state index in [0.717, 1.165) is 6.07 Å². The maximum atomic E-state index is 13.3. The zero-order chi connectivity index (χ0) is 19.7. The number of piperidine rings is 1. The molecule has 0 unspecified atom stereocenters. The van der Waals surface area contributed by atoms with Crippen LogP contribution in [-0.4, -0.2) is 38.5 Å². The number of carbonyl (C=O) groups is 1. The minimum atomic E-state index is -0.648. The van der Waals surface area contributed by atoms with Crippen LogP contribution in [0, 0.1) is 21.8 Å². The normalized spacial score (nSPS) is 15.0. The second-order valence-corrected chi connectivity index (χ2v) is 6.59. The van der Waals surface area contributed by atoms with E-state index in [-0.39, 0.29) is 17.5 Å². The summed E-state index contributed by atoms with van der Waals surface area (Å²) in [5.41, 5.74) is 0.739. The third kappa shape index (κ3) is 3.36. The van der Waals surface area contributed by atoms with Crippen LogP contribution >= 0.6 is 0 Å². The number of nitrogens with zero attached hydrogens (tertiary/aromatic N) is 5. The van der Waals surface area contributed by atoms with Crippen molar-refractivity contribution in [2.24, 2.45) is 5.92 Å². The fourth-order valence-electron chi connectivity index (χ4n) is 3.43. The van der Waals surface area contributed by atoms with E-state index < -0.39 is 10.7 Å². The molecular formula is C18H17FN6O3. The molecule has 0 aliphatic carbocycles. The molecule has 1 aliphatic heterocycles. The summed E-state index contributed by atoms with van der Waals surface area (Å²) in [4.78, 5) is 25.0. The van der Waals surface area contributed by atoms with Gasteiger partial charge in [0.1, 0.15) is 11.5 Å². The third-order valence-electron chi connectivity index (χ3n) is 4.89. The molecule has 0 spiro atoms. The van der Waals surface area contributed by atoms with Crippen molar-refractivity contribution in [3.63, 3.8) is 0 Å². The van der Waals surface area contributed by atoms with Gasteiger partial charge in [0.05, 0.1) is 11.0 Å². The number of aromatic nitrogens is 3. The van der Waals surface area contributed by atoms with Gasteiger partial charge in [0, 0.05) is 25.2 Å². The summed E-state index contributed by atoms with van der Waals surface area (Å²) >= 11 is 0. The number of hydrogen-bond acceptors (Lipinski definition) is 6. The van der Waals surface area contributed by atoms with Crippen LogP contribution in [0.25, 0.3) is 5.65 Å². The Morgan fingerprint density at radius 1 is 1.21 bits per heavy atom. The summed E-state index contributed by atoms with van der Waals surface area (Å²) in [5.74, 6) is -0.694. The zero-order valence-corrected chi connectivity index (χ0v) is 14.8. The lowest BCUT2D eigenvalue weighted by Gasteiger charge is -2.32. The first kappa shape index (κ1) is 17.8. The molecule has 144 valence electrons. The molecule has 2 aromatic heterocycles. The lowest BCUT2D eigenvalue weighted by Crippen LogP contribution is -2.38. The first-order chi connectivity index (χ1) is 13.5. The largest absolute Gasteiger partial charge is 0.366 e. The average molecular weight is 384 g/mol. The van der Waals surface area contributed by atoms with Gasteiger partial charge in [-0.05, 0) is 37.1 Å². The Morgan fingerprint density at radius 2 is 2.00 bits per heavy atom. The molecule has 28 heavy (non-hydrogen) atoms. The molecule has 3 aromatic rings. The number of rotatable bonds is 4. The number of nitro benzene ring substituents is 1. The van der Waals surface area contributed by atoms with Gasteiger partial charge in [-0.15, -0.1) is 10.2 Å². The highest BCUT2D eigenvalue weighted by Gasteiger charge is 2.29. The number of nitro groups is 1. The Labute approximate surface area is 158 Å². The van der Waals surface area contributed by atoms with Crippen molar-refractivity contribution in [1.82, 2.24) is 14.6 Å². The van der Waals surface area contributed by atoms with Crippen molar-refractivity contribution in [2.45, 2.75) is 12.8 Å². The Kier molecular flexibility index (Phi) is 4.60. The standard InChI is InChI=1S/C18H17FN6O3/c19-13-4-5-14(15(11-13)25(27)28)23-9-6-12(7-10-23)17(26)20-18-22-21-16-3-1-2-8-24(16)18/h1-5,8,11-12H,6-7,9-10H2,(H,20,22,26). The number of hydrogen-bond donors (Lipinski definition) is 1. The monoisotopic (exact) mass is 384 g/mol. The summed E-state index contributed by atoms with van der Waals surface area (Å²) in [6.07, 6.45) is 2.81. The predicted molar refractivity (Wildman–Crippen MR) is 99.6 cm³/mol. The Balaban J connectivity index is 1.43. The molecule has 0 bridgehead atoms. The number of fused-ring (bicyclic) bond motifs is 1. The molecule has 1 aromatic carbocycles. The van der Waals surface area contributed by atoms with Crippen LogP contribution in [0.15, 0.2) is 42.6 Å². The fraction of sp³-hybridized carbons (Fsp3) is 0.278. The molecule has 1 saturated heterocycles. The highest BCUT2D eigenvalue weighted by atomic mass is 19.1. The molecule has 10 heteroatoms. The summed E-state index contributed by atoms with van der Waals surface area (Å²) in [5, 5.41) is 22.0. The molecule has 1 aliphatic rings. The smallest absolute Gasteiger partial charge is 0.295 e. The van der Waals surface area contributed by atoms with Crippen LogP contribution in [-0.2, 0) is 4.79 Å². The minimum Gasteiger partial charge on any atom is -0.366 e. The number of pyridine rings is 1. The first-order valence-electron chi connectivity index (χ1n) is 8.82. The molecule has 9 nitrogen and oxygen atoms in total. The number of benzene rings is 1. The summed E-state index contributed by atoms with van der Waals surface area (Å²) in [6.45, 7) is 0.927. The van der Waals surface area contributed by atoms with Gasteiger partial charge >= 0.3 is 0 Å². The lowest BCUT2D eigenvalue weighted by atomic mass is 9.95. The van der Waals surface area contributed by atoms with Gasteiger partial charge in [0.25, 0.3) is 5.69 Å². The van der Waals surface area contributed by atoms with E-state index in [2.05, 4.69) is 15.5 Å². The van der Waals surface area contributed by atoms with Gasteiger partial charge in [-0.25, -0.2) is 4.39 Å².